The number of carbonyl (C=O) groups excluding carboxylic acids is 2. The molecule has 1 saturated carbocycles. The lowest BCUT2D eigenvalue weighted by molar-refractivity contribution is -0.148. The van der Waals surface area contributed by atoms with E-state index in [9.17, 15) is 9.59 Å². The fourth-order valence-electron chi connectivity index (χ4n) is 3.64. The normalized spacial score (nSPS) is 22.3. The Morgan fingerprint density at radius 3 is 2.48 bits per heavy atom. The zero-order chi connectivity index (χ0) is 20.0. The Hall–Kier alpha value is -1.63. The molecule has 0 spiro atoms. The molecule has 1 aromatic heterocycles. The Labute approximate surface area is 166 Å². The van der Waals surface area contributed by atoms with Crippen molar-refractivity contribution in [3.05, 3.63) is 17.0 Å². The molecule has 1 N–H and O–H groups in total. The highest BCUT2D eigenvalue weighted by Crippen LogP contribution is 2.29. The van der Waals surface area contributed by atoms with Crippen LogP contribution in [-0.2, 0) is 20.7 Å². The maximum atomic E-state index is 12.1. The molecule has 0 aliphatic heterocycles. The van der Waals surface area contributed by atoms with Gasteiger partial charge < -0.3 is 10.1 Å². The largest absolute Gasteiger partial charge is 0.456 e. The Balaban J connectivity index is 1.77. The summed E-state index contributed by atoms with van der Waals surface area (Å²) in [6, 6.07) is 0.178. The molecule has 1 fully saturated rings. The summed E-state index contributed by atoms with van der Waals surface area (Å²) >= 11 is 1.50. The number of hydrogen-bond donors (Lipinski definition) is 1. The summed E-state index contributed by atoms with van der Waals surface area (Å²) in [4.78, 5) is 33.0. The number of aryl methyl sites for hydroxylation is 2. The molecule has 2 rings (SSSR count). The molecule has 0 unspecified atom stereocenters. The molecule has 7 heteroatoms. The van der Waals surface area contributed by atoms with Gasteiger partial charge in [-0.05, 0) is 50.3 Å². The molecule has 0 aromatic carbocycles. The molecular formula is C20H31N3O3S. The highest BCUT2D eigenvalue weighted by molar-refractivity contribution is 7.98. The molecule has 0 radical (unpaired) electrons. The Morgan fingerprint density at radius 1 is 1.19 bits per heavy atom. The monoisotopic (exact) mass is 393 g/mol. The van der Waals surface area contributed by atoms with Crippen molar-refractivity contribution in [2.75, 3.05) is 12.9 Å². The summed E-state index contributed by atoms with van der Waals surface area (Å²) in [5.41, 5.74) is 2.75. The Kier molecular flexibility index (Phi) is 8.07. The van der Waals surface area contributed by atoms with E-state index in [2.05, 4.69) is 29.1 Å². The Morgan fingerprint density at radius 2 is 1.85 bits per heavy atom. The second-order valence-electron chi connectivity index (χ2n) is 7.46. The van der Waals surface area contributed by atoms with Gasteiger partial charge in [0, 0.05) is 23.9 Å². The molecule has 1 aliphatic carbocycles. The fourth-order valence-corrected chi connectivity index (χ4v) is 4.10. The minimum atomic E-state index is -0.372. The van der Waals surface area contributed by atoms with Gasteiger partial charge in [0.15, 0.2) is 11.8 Å². The van der Waals surface area contributed by atoms with Crippen LogP contribution >= 0.6 is 11.8 Å². The molecule has 0 saturated heterocycles. The number of hydrogen-bond acceptors (Lipinski definition) is 6. The third kappa shape index (κ3) is 6.19. The molecule has 0 bridgehead atoms. The number of ether oxygens (including phenoxy) is 1. The highest BCUT2D eigenvalue weighted by Gasteiger charge is 2.28. The van der Waals surface area contributed by atoms with Crippen LogP contribution in [0.15, 0.2) is 5.16 Å². The number of aromatic nitrogens is 2. The molecule has 1 amide bonds. The fraction of sp³-hybridized carbons (Fsp3) is 0.700. The molecule has 1 heterocycles. The van der Waals surface area contributed by atoms with Crippen LogP contribution < -0.4 is 5.32 Å². The lowest BCUT2D eigenvalue weighted by Crippen LogP contribution is -2.45. The summed E-state index contributed by atoms with van der Waals surface area (Å²) in [5, 5.41) is 3.76. The molecule has 6 nitrogen and oxygen atoms in total. The van der Waals surface area contributed by atoms with Gasteiger partial charge in [0.25, 0.3) is 5.91 Å². The van der Waals surface area contributed by atoms with Gasteiger partial charge in [0.1, 0.15) is 0 Å². The van der Waals surface area contributed by atoms with Crippen LogP contribution in [0.4, 0.5) is 0 Å². The molecule has 1 aromatic rings. The van der Waals surface area contributed by atoms with Crippen molar-refractivity contribution in [2.45, 2.75) is 71.0 Å². The minimum Gasteiger partial charge on any atom is -0.456 e. The summed E-state index contributed by atoms with van der Waals surface area (Å²) < 4.78 is 5.16. The van der Waals surface area contributed by atoms with Crippen molar-refractivity contribution in [3.63, 3.8) is 0 Å². The van der Waals surface area contributed by atoms with Crippen LogP contribution in [0.3, 0.4) is 0 Å². The number of esters is 1. The van der Waals surface area contributed by atoms with E-state index < -0.39 is 0 Å². The van der Waals surface area contributed by atoms with Gasteiger partial charge in [0.05, 0.1) is 0 Å². The third-order valence-corrected chi connectivity index (χ3v) is 6.13. The van der Waals surface area contributed by atoms with Crippen molar-refractivity contribution >= 4 is 23.6 Å². The van der Waals surface area contributed by atoms with Crippen LogP contribution in [0, 0.1) is 25.7 Å². The molecule has 150 valence electrons. The summed E-state index contributed by atoms with van der Waals surface area (Å²) in [6.07, 6.45) is 6.01. The van der Waals surface area contributed by atoms with Gasteiger partial charge >= 0.3 is 5.97 Å². The van der Waals surface area contributed by atoms with E-state index in [0.29, 0.717) is 18.3 Å². The topological polar surface area (TPSA) is 81.2 Å². The SMILES string of the molecule is CSc1nc(C)c(CCC(=O)OCC(=O)N[C@H]2CCC[C@H](C)[C@@H]2C)c(C)n1. The van der Waals surface area contributed by atoms with Crippen LogP contribution in [0.25, 0.3) is 0 Å². The van der Waals surface area contributed by atoms with E-state index in [4.69, 9.17) is 4.74 Å². The van der Waals surface area contributed by atoms with Crippen molar-refractivity contribution in [2.24, 2.45) is 11.8 Å². The van der Waals surface area contributed by atoms with Crippen molar-refractivity contribution in [1.29, 1.82) is 0 Å². The quantitative estimate of drug-likeness (QED) is 0.435. The number of amides is 1. The molecule has 1 aliphatic rings. The van der Waals surface area contributed by atoms with Crippen LogP contribution in [0.5, 0.6) is 0 Å². The third-order valence-electron chi connectivity index (χ3n) is 5.58. The van der Waals surface area contributed by atoms with Crippen molar-refractivity contribution in [3.8, 4) is 0 Å². The minimum absolute atomic E-state index is 0.178. The number of carbonyl (C=O) groups is 2. The number of nitrogens with one attached hydrogen (secondary N) is 1. The van der Waals surface area contributed by atoms with E-state index in [1.165, 1.54) is 18.2 Å². The molecule has 27 heavy (non-hydrogen) atoms. The maximum absolute atomic E-state index is 12.1. The first-order valence-corrected chi connectivity index (χ1v) is 10.9. The summed E-state index contributed by atoms with van der Waals surface area (Å²) in [6.45, 7) is 8.04. The zero-order valence-corrected chi connectivity index (χ0v) is 17.8. The second kappa shape index (κ2) is 10.1. The zero-order valence-electron chi connectivity index (χ0n) is 17.0. The number of thioether (sulfide) groups is 1. The predicted molar refractivity (Wildman–Crippen MR) is 107 cm³/mol. The van der Waals surface area contributed by atoms with E-state index in [1.807, 2.05) is 20.1 Å². The predicted octanol–water partition coefficient (Wildman–Crippen LogP) is 3.23. The second-order valence-corrected chi connectivity index (χ2v) is 8.24. The molecule has 3 atom stereocenters. The number of nitrogens with zero attached hydrogens (tertiary/aromatic N) is 2. The maximum Gasteiger partial charge on any atom is 0.306 e. The summed E-state index contributed by atoms with van der Waals surface area (Å²) in [5.74, 6) is 0.476. The number of rotatable bonds is 7. The molecular weight excluding hydrogens is 362 g/mol. The highest BCUT2D eigenvalue weighted by atomic mass is 32.2. The lowest BCUT2D eigenvalue weighted by Gasteiger charge is -2.34. The van der Waals surface area contributed by atoms with Gasteiger partial charge in [-0.15, -0.1) is 0 Å². The van der Waals surface area contributed by atoms with Crippen molar-refractivity contribution < 1.29 is 14.3 Å². The van der Waals surface area contributed by atoms with Crippen LogP contribution in [0.1, 0.15) is 56.5 Å². The smallest absolute Gasteiger partial charge is 0.306 e. The van der Waals surface area contributed by atoms with E-state index in [0.717, 1.165) is 34.9 Å². The first-order chi connectivity index (χ1) is 12.8. The Bertz CT molecular complexity index is 657. The average molecular weight is 394 g/mol. The standard InChI is InChI=1S/C20H31N3O3S/c1-12-7-6-8-17(13(12)2)23-18(24)11-26-19(25)10-9-16-14(3)21-20(27-5)22-15(16)4/h12-13,17H,6-11H2,1-5H3,(H,23,24)/t12-,13-,17-/m0/s1. The summed E-state index contributed by atoms with van der Waals surface area (Å²) in [7, 11) is 0. The first-order valence-electron chi connectivity index (χ1n) is 9.65. The first kappa shape index (κ1) is 21.7. The van der Waals surface area contributed by atoms with Crippen molar-refractivity contribution in [1.82, 2.24) is 15.3 Å². The van der Waals surface area contributed by atoms with Gasteiger partial charge in [-0.25, -0.2) is 9.97 Å². The van der Waals surface area contributed by atoms with Gasteiger partial charge in [0.2, 0.25) is 0 Å². The van der Waals surface area contributed by atoms with Crippen LogP contribution in [-0.4, -0.2) is 40.7 Å². The van der Waals surface area contributed by atoms with Gasteiger partial charge in [-0.2, -0.15) is 0 Å². The van der Waals surface area contributed by atoms with Crippen LogP contribution in [0.2, 0.25) is 0 Å². The van der Waals surface area contributed by atoms with E-state index >= 15 is 0 Å². The van der Waals surface area contributed by atoms with Gasteiger partial charge in [-0.3, -0.25) is 9.59 Å². The van der Waals surface area contributed by atoms with E-state index in [-0.39, 0.29) is 30.9 Å². The average Bonchev–Trinajstić information content (AvgIpc) is 2.63. The van der Waals surface area contributed by atoms with E-state index in [1.54, 1.807) is 0 Å². The van der Waals surface area contributed by atoms with Gasteiger partial charge in [-0.1, -0.05) is 38.5 Å². The lowest BCUT2D eigenvalue weighted by atomic mass is 9.78.